The fourth-order valence-electron chi connectivity index (χ4n) is 3.50. The summed E-state index contributed by atoms with van der Waals surface area (Å²) >= 11 is 0. The molecule has 0 amide bonds. The van der Waals surface area contributed by atoms with Crippen LogP contribution in [0.5, 0.6) is 0 Å². The second-order valence-electron chi connectivity index (χ2n) is 6.28. The van der Waals surface area contributed by atoms with Gasteiger partial charge >= 0.3 is 0 Å². The molecule has 0 unspecified atom stereocenters. The van der Waals surface area contributed by atoms with Crippen LogP contribution in [0.2, 0.25) is 0 Å². The highest BCUT2D eigenvalue weighted by molar-refractivity contribution is 5.75. The molecule has 0 radical (unpaired) electrons. The zero-order chi connectivity index (χ0) is 16.4. The van der Waals surface area contributed by atoms with Crippen molar-refractivity contribution in [1.82, 2.24) is 25.1 Å². The molecule has 0 spiro atoms. The molecule has 1 N–H and O–H groups in total. The monoisotopic (exact) mass is 322 g/mol. The van der Waals surface area contributed by atoms with Gasteiger partial charge in [-0.25, -0.2) is 4.98 Å². The normalized spacial score (nSPS) is 17.7. The number of aromatic nitrogens is 4. The lowest BCUT2D eigenvalue weighted by Gasteiger charge is -2.25. The smallest absolute Gasteiger partial charge is 0.151 e. The highest BCUT2D eigenvalue weighted by Gasteiger charge is 2.25. The van der Waals surface area contributed by atoms with Crippen molar-refractivity contribution in [2.45, 2.75) is 25.4 Å². The quantitative estimate of drug-likeness (QED) is 0.780. The highest BCUT2D eigenvalue weighted by atomic mass is 15.3. The van der Waals surface area contributed by atoms with Crippen molar-refractivity contribution in [2.75, 3.05) is 18.0 Å². The van der Waals surface area contributed by atoms with Gasteiger partial charge in [-0.05, 0) is 37.1 Å². The van der Waals surface area contributed by atoms with E-state index in [9.17, 15) is 0 Å². The van der Waals surface area contributed by atoms with E-state index in [2.05, 4.69) is 50.2 Å². The fraction of sp³-hybridized carbons (Fsp3) is 0.389. The minimum atomic E-state index is 0.469. The molecule has 1 aliphatic heterocycles. The van der Waals surface area contributed by atoms with Gasteiger partial charge in [-0.15, -0.1) is 5.10 Å². The minimum absolute atomic E-state index is 0.469. The van der Waals surface area contributed by atoms with Crippen molar-refractivity contribution in [3.8, 4) is 0 Å². The first-order chi connectivity index (χ1) is 11.8. The van der Waals surface area contributed by atoms with E-state index in [1.807, 2.05) is 18.2 Å². The molecule has 3 aromatic rings. The Balaban J connectivity index is 1.40. The Bertz CT molecular complexity index is 813. The summed E-state index contributed by atoms with van der Waals surface area (Å²) in [5.41, 5.74) is 2.23. The topological polar surface area (TPSA) is 58.9 Å². The molecule has 0 aliphatic carbocycles. The maximum atomic E-state index is 4.72. The summed E-state index contributed by atoms with van der Waals surface area (Å²) < 4.78 is 2.16. The zero-order valence-corrected chi connectivity index (χ0v) is 13.9. The van der Waals surface area contributed by atoms with Gasteiger partial charge < -0.3 is 14.8 Å². The van der Waals surface area contributed by atoms with Crippen LogP contribution in [0.3, 0.4) is 0 Å². The number of imidazole rings is 1. The Kier molecular flexibility index (Phi) is 4.13. The summed E-state index contributed by atoms with van der Waals surface area (Å²) in [6, 6.07) is 12.7. The SMILES string of the molecule is Cn1c(CNC[C@@H]2CCCN2c2cccnn2)nc2ccccc21. The van der Waals surface area contributed by atoms with E-state index in [1.54, 1.807) is 6.20 Å². The average Bonchev–Trinajstić information content (AvgIpc) is 3.21. The molecule has 6 heteroatoms. The lowest BCUT2D eigenvalue weighted by molar-refractivity contribution is 0.554. The number of nitrogens with one attached hydrogen (secondary N) is 1. The molecule has 4 rings (SSSR count). The Labute approximate surface area is 141 Å². The predicted octanol–water partition coefficient (Wildman–Crippen LogP) is 2.12. The van der Waals surface area contributed by atoms with Gasteiger partial charge in [0.05, 0.1) is 17.6 Å². The number of benzene rings is 1. The van der Waals surface area contributed by atoms with Gasteiger partial charge in [0.15, 0.2) is 5.82 Å². The Morgan fingerprint density at radius 3 is 2.96 bits per heavy atom. The number of nitrogens with zero attached hydrogens (tertiary/aromatic N) is 5. The van der Waals surface area contributed by atoms with Crippen molar-refractivity contribution >= 4 is 16.9 Å². The second kappa shape index (κ2) is 6.57. The Morgan fingerprint density at radius 1 is 1.21 bits per heavy atom. The van der Waals surface area contributed by atoms with Crippen LogP contribution in [0, 0.1) is 0 Å². The summed E-state index contributed by atoms with van der Waals surface area (Å²) in [4.78, 5) is 7.07. The number of para-hydroxylation sites is 2. The molecule has 24 heavy (non-hydrogen) atoms. The number of aryl methyl sites for hydroxylation is 1. The number of hydrogen-bond acceptors (Lipinski definition) is 5. The van der Waals surface area contributed by atoms with E-state index >= 15 is 0 Å². The van der Waals surface area contributed by atoms with Gasteiger partial charge in [0.25, 0.3) is 0 Å². The molecule has 1 fully saturated rings. The van der Waals surface area contributed by atoms with Crippen LogP contribution in [-0.2, 0) is 13.6 Å². The highest BCUT2D eigenvalue weighted by Crippen LogP contribution is 2.22. The van der Waals surface area contributed by atoms with E-state index in [1.165, 1.54) is 18.4 Å². The van der Waals surface area contributed by atoms with Gasteiger partial charge in [-0.3, -0.25) is 0 Å². The fourth-order valence-corrected chi connectivity index (χ4v) is 3.50. The van der Waals surface area contributed by atoms with Crippen LogP contribution in [0.25, 0.3) is 11.0 Å². The third kappa shape index (κ3) is 2.85. The van der Waals surface area contributed by atoms with Crippen molar-refractivity contribution in [3.63, 3.8) is 0 Å². The lowest BCUT2D eigenvalue weighted by Crippen LogP contribution is -2.38. The molecule has 0 saturated carbocycles. The van der Waals surface area contributed by atoms with E-state index in [4.69, 9.17) is 4.98 Å². The van der Waals surface area contributed by atoms with Crippen molar-refractivity contribution in [1.29, 1.82) is 0 Å². The summed E-state index contributed by atoms with van der Waals surface area (Å²) in [6.45, 7) is 2.76. The molecule has 3 heterocycles. The van der Waals surface area contributed by atoms with Crippen LogP contribution in [0.4, 0.5) is 5.82 Å². The largest absolute Gasteiger partial charge is 0.351 e. The van der Waals surface area contributed by atoms with Crippen molar-refractivity contribution < 1.29 is 0 Å². The molecule has 6 nitrogen and oxygen atoms in total. The molecular formula is C18H22N6. The molecule has 2 aromatic heterocycles. The van der Waals surface area contributed by atoms with Gasteiger partial charge in [-0.2, -0.15) is 5.10 Å². The van der Waals surface area contributed by atoms with Gasteiger partial charge in [-0.1, -0.05) is 12.1 Å². The summed E-state index contributed by atoms with van der Waals surface area (Å²) in [5, 5.41) is 11.8. The third-order valence-electron chi connectivity index (χ3n) is 4.77. The van der Waals surface area contributed by atoms with Gasteiger partial charge in [0.2, 0.25) is 0 Å². The Hall–Kier alpha value is -2.47. The van der Waals surface area contributed by atoms with Crippen molar-refractivity contribution in [3.05, 3.63) is 48.4 Å². The number of fused-ring (bicyclic) bond motifs is 1. The summed E-state index contributed by atoms with van der Waals surface area (Å²) in [6.07, 6.45) is 4.11. The number of hydrogen-bond donors (Lipinski definition) is 1. The first-order valence-electron chi connectivity index (χ1n) is 8.48. The molecular weight excluding hydrogens is 300 g/mol. The van der Waals surface area contributed by atoms with E-state index in [0.717, 1.165) is 36.8 Å². The number of rotatable bonds is 5. The van der Waals surface area contributed by atoms with Gasteiger partial charge in [0, 0.05) is 32.4 Å². The van der Waals surface area contributed by atoms with E-state index < -0.39 is 0 Å². The predicted molar refractivity (Wildman–Crippen MR) is 94.8 cm³/mol. The molecule has 1 aliphatic rings. The van der Waals surface area contributed by atoms with Gasteiger partial charge in [0.1, 0.15) is 5.82 Å². The van der Waals surface area contributed by atoms with Crippen molar-refractivity contribution in [2.24, 2.45) is 7.05 Å². The molecule has 1 atom stereocenters. The maximum Gasteiger partial charge on any atom is 0.151 e. The van der Waals surface area contributed by atoms with Crippen LogP contribution in [-0.4, -0.2) is 38.9 Å². The third-order valence-corrected chi connectivity index (χ3v) is 4.77. The molecule has 124 valence electrons. The molecule has 0 bridgehead atoms. The summed E-state index contributed by atoms with van der Waals surface area (Å²) in [7, 11) is 2.08. The first-order valence-corrected chi connectivity index (χ1v) is 8.48. The maximum absolute atomic E-state index is 4.72. The molecule has 1 saturated heterocycles. The van der Waals surface area contributed by atoms with Crippen LogP contribution in [0.1, 0.15) is 18.7 Å². The van der Waals surface area contributed by atoms with E-state index in [-0.39, 0.29) is 0 Å². The Morgan fingerprint density at radius 2 is 2.12 bits per heavy atom. The zero-order valence-electron chi connectivity index (χ0n) is 13.9. The average molecular weight is 322 g/mol. The lowest BCUT2D eigenvalue weighted by atomic mass is 10.2. The molecule has 1 aromatic carbocycles. The summed E-state index contributed by atoms with van der Waals surface area (Å²) in [5.74, 6) is 2.05. The number of anilines is 1. The van der Waals surface area contributed by atoms with Crippen LogP contribution < -0.4 is 10.2 Å². The van der Waals surface area contributed by atoms with Crippen LogP contribution in [0.15, 0.2) is 42.6 Å². The van der Waals surface area contributed by atoms with E-state index in [0.29, 0.717) is 6.04 Å². The first kappa shape index (κ1) is 15.1. The van der Waals surface area contributed by atoms with Crippen LogP contribution >= 0.6 is 0 Å². The minimum Gasteiger partial charge on any atom is -0.351 e. The second-order valence-corrected chi connectivity index (χ2v) is 6.28. The standard InChI is InChI=1S/C18H22N6/c1-23-16-8-3-2-7-15(16)21-18(23)13-19-12-14-6-5-11-24(14)17-9-4-10-20-22-17/h2-4,7-10,14,19H,5-6,11-13H2,1H3/t14-/m0/s1.